The summed E-state index contributed by atoms with van der Waals surface area (Å²) in [6, 6.07) is 9.06. The molecule has 1 aliphatic heterocycles. The molecule has 0 saturated carbocycles. The highest BCUT2D eigenvalue weighted by atomic mass is 16.5. The quantitative estimate of drug-likeness (QED) is 0.797. The summed E-state index contributed by atoms with van der Waals surface area (Å²) in [5, 5.41) is 9.42. The number of para-hydroxylation sites is 2. The highest BCUT2D eigenvalue weighted by Gasteiger charge is 2.39. The number of carbonyl (C=O) groups is 2. The molecule has 1 aromatic heterocycles. The second kappa shape index (κ2) is 6.81. The highest BCUT2D eigenvalue weighted by Crippen LogP contribution is 2.28. The lowest BCUT2D eigenvalue weighted by molar-refractivity contribution is -0.129. The standard InChI is InChI=1S/C17H17N3O4/c1-23-7-6-20-10-11(8-15(20)21)16(22)12(9-18)17-19-13-4-2-3-5-14(13)24-17/h2-5,11-12H,6-8,10H2,1H3/t11-,12+/m1/s1. The van der Waals surface area contributed by atoms with E-state index in [1.807, 2.05) is 6.07 Å². The average molecular weight is 327 g/mol. The zero-order valence-electron chi connectivity index (χ0n) is 13.3. The lowest BCUT2D eigenvalue weighted by Crippen LogP contribution is -2.30. The van der Waals surface area contributed by atoms with Crippen LogP contribution < -0.4 is 0 Å². The fourth-order valence-electron chi connectivity index (χ4n) is 2.87. The van der Waals surface area contributed by atoms with E-state index < -0.39 is 11.8 Å². The third-order valence-corrected chi connectivity index (χ3v) is 4.15. The number of nitrogens with zero attached hydrogens (tertiary/aromatic N) is 3. The third kappa shape index (κ3) is 3.01. The van der Waals surface area contributed by atoms with Gasteiger partial charge in [0.15, 0.2) is 17.3 Å². The molecule has 1 amide bonds. The number of rotatable bonds is 6. The topological polar surface area (TPSA) is 96.4 Å². The molecular weight excluding hydrogens is 310 g/mol. The first-order chi connectivity index (χ1) is 11.6. The van der Waals surface area contributed by atoms with Crippen molar-refractivity contribution in [3.8, 4) is 6.07 Å². The van der Waals surface area contributed by atoms with Crippen molar-refractivity contribution >= 4 is 22.8 Å². The molecular formula is C17H17N3O4. The summed E-state index contributed by atoms with van der Waals surface area (Å²) in [6.07, 6.45) is 0.112. The molecule has 2 heterocycles. The van der Waals surface area contributed by atoms with E-state index in [2.05, 4.69) is 4.98 Å². The molecule has 0 radical (unpaired) electrons. The van der Waals surface area contributed by atoms with Crippen LogP contribution in [-0.4, -0.2) is 48.4 Å². The molecule has 1 aromatic carbocycles. The Hall–Kier alpha value is -2.72. The van der Waals surface area contributed by atoms with Gasteiger partial charge in [0, 0.05) is 32.5 Å². The number of amides is 1. The monoisotopic (exact) mass is 327 g/mol. The Morgan fingerprint density at radius 2 is 2.33 bits per heavy atom. The Labute approximate surface area is 138 Å². The lowest BCUT2D eigenvalue weighted by atomic mass is 9.93. The van der Waals surface area contributed by atoms with Crippen LogP contribution in [0.5, 0.6) is 0 Å². The van der Waals surface area contributed by atoms with Crippen molar-refractivity contribution in [3.63, 3.8) is 0 Å². The number of nitriles is 1. The zero-order chi connectivity index (χ0) is 17.1. The van der Waals surface area contributed by atoms with Gasteiger partial charge >= 0.3 is 0 Å². The maximum absolute atomic E-state index is 12.7. The van der Waals surface area contributed by atoms with Gasteiger partial charge in [0.2, 0.25) is 11.8 Å². The molecule has 1 fully saturated rings. The Morgan fingerprint density at radius 3 is 3.04 bits per heavy atom. The molecule has 2 atom stereocenters. The van der Waals surface area contributed by atoms with E-state index in [0.717, 1.165) is 0 Å². The van der Waals surface area contributed by atoms with Crippen LogP contribution in [-0.2, 0) is 14.3 Å². The van der Waals surface area contributed by atoms with Crippen LogP contribution in [0.15, 0.2) is 28.7 Å². The second-order valence-corrected chi connectivity index (χ2v) is 5.72. The van der Waals surface area contributed by atoms with Crippen molar-refractivity contribution in [2.45, 2.75) is 12.3 Å². The van der Waals surface area contributed by atoms with E-state index in [1.54, 1.807) is 36.3 Å². The van der Waals surface area contributed by atoms with Crippen molar-refractivity contribution in [2.75, 3.05) is 26.8 Å². The van der Waals surface area contributed by atoms with Crippen molar-refractivity contribution < 1.29 is 18.7 Å². The van der Waals surface area contributed by atoms with Gasteiger partial charge in [-0.15, -0.1) is 0 Å². The number of ketones is 1. The first-order valence-corrected chi connectivity index (χ1v) is 7.69. The molecule has 0 unspecified atom stereocenters. The number of hydrogen-bond acceptors (Lipinski definition) is 6. The molecule has 2 aromatic rings. The molecule has 7 nitrogen and oxygen atoms in total. The number of aromatic nitrogens is 1. The first kappa shape index (κ1) is 16.1. The average Bonchev–Trinajstić information content (AvgIpc) is 3.17. The maximum atomic E-state index is 12.7. The largest absolute Gasteiger partial charge is 0.439 e. The molecule has 24 heavy (non-hydrogen) atoms. The number of fused-ring (bicyclic) bond motifs is 1. The predicted molar refractivity (Wildman–Crippen MR) is 83.9 cm³/mol. The van der Waals surface area contributed by atoms with Gasteiger partial charge in [0.05, 0.1) is 12.7 Å². The number of benzene rings is 1. The maximum Gasteiger partial charge on any atom is 0.223 e. The lowest BCUT2D eigenvalue weighted by Gasteiger charge is -2.16. The second-order valence-electron chi connectivity index (χ2n) is 5.72. The highest BCUT2D eigenvalue weighted by molar-refractivity contribution is 5.95. The molecule has 0 aliphatic carbocycles. The number of likely N-dealkylation sites (tertiary alicyclic amines) is 1. The number of carbonyl (C=O) groups excluding carboxylic acids is 2. The Bertz CT molecular complexity index is 775. The molecule has 124 valence electrons. The van der Waals surface area contributed by atoms with Crippen LogP contribution in [0.4, 0.5) is 0 Å². The minimum atomic E-state index is -1.10. The fourth-order valence-corrected chi connectivity index (χ4v) is 2.87. The van der Waals surface area contributed by atoms with Gasteiger partial charge in [-0.2, -0.15) is 5.26 Å². The summed E-state index contributed by atoms with van der Waals surface area (Å²) >= 11 is 0. The summed E-state index contributed by atoms with van der Waals surface area (Å²) in [7, 11) is 1.56. The van der Waals surface area contributed by atoms with Crippen molar-refractivity contribution in [3.05, 3.63) is 30.2 Å². The number of ether oxygens (including phenoxy) is 1. The van der Waals surface area contributed by atoms with Gasteiger partial charge in [-0.3, -0.25) is 9.59 Å². The summed E-state index contributed by atoms with van der Waals surface area (Å²) in [5.41, 5.74) is 1.13. The minimum Gasteiger partial charge on any atom is -0.439 e. The molecule has 3 rings (SSSR count). The van der Waals surface area contributed by atoms with Crippen LogP contribution in [0.3, 0.4) is 0 Å². The van der Waals surface area contributed by atoms with Gasteiger partial charge in [-0.1, -0.05) is 12.1 Å². The van der Waals surface area contributed by atoms with E-state index in [-0.39, 0.29) is 24.0 Å². The van der Waals surface area contributed by atoms with E-state index in [4.69, 9.17) is 9.15 Å². The van der Waals surface area contributed by atoms with Gasteiger partial charge in [0.1, 0.15) is 5.52 Å². The molecule has 7 heteroatoms. The van der Waals surface area contributed by atoms with Crippen LogP contribution in [0.25, 0.3) is 11.1 Å². The number of oxazole rings is 1. The van der Waals surface area contributed by atoms with Crippen LogP contribution in [0.2, 0.25) is 0 Å². The minimum absolute atomic E-state index is 0.0893. The Morgan fingerprint density at radius 1 is 1.54 bits per heavy atom. The normalized spacial score (nSPS) is 18.8. The van der Waals surface area contributed by atoms with E-state index in [1.165, 1.54) is 0 Å². The van der Waals surface area contributed by atoms with Crippen LogP contribution in [0, 0.1) is 17.2 Å². The Balaban J connectivity index is 1.77. The summed E-state index contributed by atoms with van der Waals surface area (Å²) in [6.45, 7) is 1.16. The van der Waals surface area contributed by atoms with Crippen molar-refractivity contribution in [2.24, 2.45) is 5.92 Å². The van der Waals surface area contributed by atoms with Gasteiger partial charge in [0.25, 0.3) is 0 Å². The number of Topliss-reactive ketones (excluding diaryl/α,β-unsaturated/α-hetero) is 1. The number of methoxy groups -OCH3 is 1. The van der Waals surface area contributed by atoms with Crippen molar-refractivity contribution in [1.29, 1.82) is 5.26 Å². The fraction of sp³-hybridized carbons (Fsp3) is 0.412. The van der Waals surface area contributed by atoms with Gasteiger partial charge in [-0.25, -0.2) is 4.98 Å². The molecule has 0 spiro atoms. The Kier molecular flexibility index (Phi) is 4.58. The van der Waals surface area contributed by atoms with Gasteiger partial charge < -0.3 is 14.1 Å². The van der Waals surface area contributed by atoms with E-state index in [0.29, 0.717) is 30.8 Å². The first-order valence-electron chi connectivity index (χ1n) is 7.69. The molecule has 0 bridgehead atoms. The molecule has 0 N–H and O–H groups in total. The summed E-state index contributed by atoms with van der Waals surface area (Å²) < 4.78 is 10.5. The van der Waals surface area contributed by atoms with Gasteiger partial charge in [-0.05, 0) is 12.1 Å². The third-order valence-electron chi connectivity index (χ3n) is 4.15. The SMILES string of the molecule is COCCN1C[C@H](C(=O)[C@H](C#N)c2nc3ccccc3o2)CC1=O. The zero-order valence-corrected chi connectivity index (χ0v) is 13.3. The molecule has 1 saturated heterocycles. The predicted octanol–water partition coefficient (Wildman–Crippen LogP) is 1.50. The van der Waals surface area contributed by atoms with Crippen LogP contribution >= 0.6 is 0 Å². The number of hydrogen-bond donors (Lipinski definition) is 0. The van der Waals surface area contributed by atoms with Crippen LogP contribution in [0.1, 0.15) is 18.2 Å². The smallest absolute Gasteiger partial charge is 0.223 e. The van der Waals surface area contributed by atoms with E-state index >= 15 is 0 Å². The summed E-state index contributed by atoms with van der Waals surface area (Å²) in [5.74, 6) is -1.95. The van der Waals surface area contributed by atoms with Crippen molar-refractivity contribution in [1.82, 2.24) is 9.88 Å². The summed E-state index contributed by atoms with van der Waals surface area (Å²) in [4.78, 5) is 30.5. The van der Waals surface area contributed by atoms with E-state index in [9.17, 15) is 14.9 Å². The molecule has 1 aliphatic rings.